The van der Waals surface area contributed by atoms with Crippen molar-refractivity contribution in [3.63, 3.8) is 0 Å². The zero-order chi connectivity index (χ0) is 60.6. The first-order valence-electron chi connectivity index (χ1n) is 37.9. The fourth-order valence-corrected chi connectivity index (χ4v) is 11.8. The first-order chi connectivity index (χ1) is 41.5. The Kier molecular flexibility index (Phi) is 71.4. The number of amides is 1. The van der Waals surface area contributed by atoms with Gasteiger partial charge < -0.3 is 20.3 Å². The second-order valence-electron chi connectivity index (χ2n) is 26.0. The number of ether oxygens (including phenoxy) is 1. The highest BCUT2D eigenvalue weighted by molar-refractivity contribution is 5.76. The number of nitrogens with one attached hydrogen (secondary N) is 1. The van der Waals surface area contributed by atoms with Crippen LogP contribution in [-0.4, -0.2) is 47.4 Å². The molecule has 2 unspecified atom stereocenters. The molecule has 0 aliphatic rings. The van der Waals surface area contributed by atoms with E-state index < -0.39 is 12.1 Å². The smallest absolute Gasteiger partial charge is 0.305 e. The predicted molar refractivity (Wildman–Crippen MR) is 370 cm³/mol. The number of allylic oxidation sites excluding steroid dienone is 8. The van der Waals surface area contributed by atoms with Gasteiger partial charge in [-0.3, -0.25) is 9.59 Å². The first kappa shape index (κ1) is 81.8. The lowest BCUT2D eigenvalue weighted by Gasteiger charge is -2.22. The van der Waals surface area contributed by atoms with Gasteiger partial charge in [-0.15, -0.1) is 0 Å². The Hall–Kier alpha value is -2.18. The van der Waals surface area contributed by atoms with E-state index in [9.17, 15) is 19.8 Å². The van der Waals surface area contributed by atoms with E-state index in [0.29, 0.717) is 25.9 Å². The maximum Gasteiger partial charge on any atom is 0.305 e. The Morgan fingerprint density at radius 3 is 0.940 bits per heavy atom. The average Bonchev–Trinajstić information content (AvgIpc) is 3.51. The van der Waals surface area contributed by atoms with Crippen molar-refractivity contribution in [2.45, 2.75) is 424 Å². The zero-order valence-corrected chi connectivity index (χ0v) is 56.6. The van der Waals surface area contributed by atoms with Crippen molar-refractivity contribution in [2.24, 2.45) is 0 Å². The Morgan fingerprint density at radius 1 is 0.333 bits per heavy atom. The molecule has 0 aliphatic carbocycles. The van der Waals surface area contributed by atoms with E-state index in [-0.39, 0.29) is 18.5 Å². The van der Waals surface area contributed by atoms with Crippen LogP contribution in [-0.2, 0) is 14.3 Å². The van der Waals surface area contributed by atoms with Crippen LogP contribution in [0.25, 0.3) is 0 Å². The third kappa shape index (κ3) is 68.9. The summed E-state index contributed by atoms with van der Waals surface area (Å²) in [6, 6.07) is -0.545. The molecule has 0 fully saturated rings. The van der Waals surface area contributed by atoms with Crippen molar-refractivity contribution in [1.29, 1.82) is 0 Å². The Labute approximate surface area is 525 Å². The van der Waals surface area contributed by atoms with Gasteiger partial charge >= 0.3 is 5.97 Å². The molecule has 0 aromatic heterocycles. The lowest BCUT2D eigenvalue weighted by molar-refractivity contribution is -0.143. The highest BCUT2D eigenvalue weighted by Crippen LogP contribution is 2.19. The second kappa shape index (κ2) is 73.3. The number of aliphatic hydroxyl groups excluding tert-OH is 2. The van der Waals surface area contributed by atoms with Crippen LogP contribution < -0.4 is 5.32 Å². The fourth-order valence-electron chi connectivity index (χ4n) is 11.8. The summed E-state index contributed by atoms with van der Waals surface area (Å²) in [5.41, 5.74) is 0. The molecule has 0 saturated carbocycles. The van der Waals surface area contributed by atoms with E-state index in [1.54, 1.807) is 0 Å². The van der Waals surface area contributed by atoms with Crippen LogP contribution in [0.2, 0.25) is 0 Å². The number of rotatable bonds is 71. The number of hydrogen-bond acceptors (Lipinski definition) is 5. The molecule has 0 radical (unpaired) electrons. The van der Waals surface area contributed by atoms with Gasteiger partial charge in [-0.2, -0.15) is 0 Å². The van der Waals surface area contributed by atoms with Crippen LogP contribution >= 0.6 is 0 Å². The highest BCUT2D eigenvalue weighted by Gasteiger charge is 2.20. The molecule has 6 nitrogen and oxygen atoms in total. The van der Waals surface area contributed by atoms with Crippen LogP contribution in [0.15, 0.2) is 48.6 Å². The molecule has 3 N–H and O–H groups in total. The minimum Gasteiger partial charge on any atom is -0.466 e. The summed E-state index contributed by atoms with van der Waals surface area (Å²) < 4.78 is 5.48. The van der Waals surface area contributed by atoms with Gasteiger partial charge in [0.25, 0.3) is 0 Å². The van der Waals surface area contributed by atoms with Gasteiger partial charge in [0.15, 0.2) is 0 Å². The molecule has 0 aliphatic heterocycles. The van der Waals surface area contributed by atoms with Crippen molar-refractivity contribution >= 4 is 11.9 Å². The molecule has 0 aromatic rings. The molecule has 0 heterocycles. The van der Waals surface area contributed by atoms with Gasteiger partial charge in [0.1, 0.15) is 0 Å². The lowest BCUT2D eigenvalue weighted by Crippen LogP contribution is -2.45. The maximum absolute atomic E-state index is 12.6. The Balaban J connectivity index is 3.41. The number of unbranched alkanes of at least 4 members (excludes halogenated alkanes) is 52. The standard InChI is InChI=1S/C78H147NO5/c1-3-5-7-9-11-13-15-17-19-20-21-22-23-31-34-37-40-43-46-50-54-58-62-66-70-76(81)75(74-80)79-77(82)71-67-63-59-55-51-47-44-41-38-35-32-29-27-25-24-26-28-30-33-36-39-42-45-49-53-57-61-65-69-73-84-78(83)72-68-64-60-56-52-48-18-16-14-12-10-8-6-4-2/h10,12,16,18,24,26,30,33,75-76,80-81H,3-9,11,13-15,17,19-23,25,27-29,31-32,34-74H2,1-2H3,(H,79,82)/b12-10-,18-16-,26-24-,33-30-. The van der Waals surface area contributed by atoms with Crippen LogP contribution in [0, 0.1) is 0 Å². The number of aliphatic hydroxyl groups is 2. The van der Waals surface area contributed by atoms with Gasteiger partial charge in [-0.05, 0) is 83.5 Å². The summed E-state index contributed by atoms with van der Waals surface area (Å²) in [6.07, 6.45) is 96.1. The Bertz CT molecular complexity index is 1400. The molecule has 0 bridgehead atoms. The van der Waals surface area contributed by atoms with Gasteiger partial charge in [0, 0.05) is 12.8 Å². The van der Waals surface area contributed by atoms with Crippen LogP contribution in [0.1, 0.15) is 412 Å². The molecule has 1 amide bonds. The fraction of sp³-hybridized carbons (Fsp3) is 0.872. The number of carbonyl (C=O) groups is 2. The van der Waals surface area contributed by atoms with E-state index in [1.165, 1.54) is 321 Å². The molecule has 0 saturated heterocycles. The van der Waals surface area contributed by atoms with Crippen molar-refractivity contribution in [3.05, 3.63) is 48.6 Å². The van der Waals surface area contributed by atoms with Crippen LogP contribution in [0.5, 0.6) is 0 Å². The summed E-state index contributed by atoms with van der Waals surface area (Å²) in [4.78, 5) is 24.6. The molecular weight excluding hydrogens is 1030 g/mol. The van der Waals surface area contributed by atoms with Gasteiger partial charge in [0.05, 0.1) is 25.4 Å². The van der Waals surface area contributed by atoms with E-state index in [4.69, 9.17) is 4.74 Å². The van der Waals surface area contributed by atoms with Gasteiger partial charge in [0.2, 0.25) is 5.91 Å². The third-order valence-corrected chi connectivity index (χ3v) is 17.6. The normalized spacial score (nSPS) is 12.8. The summed E-state index contributed by atoms with van der Waals surface area (Å²) in [6.45, 7) is 4.94. The summed E-state index contributed by atoms with van der Waals surface area (Å²) >= 11 is 0. The molecule has 0 spiro atoms. The lowest BCUT2D eigenvalue weighted by atomic mass is 10.0. The van der Waals surface area contributed by atoms with Crippen molar-refractivity contribution in [2.75, 3.05) is 13.2 Å². The minimum absolute atomic E-state index is 0.00228. The number of hydrogen-bond donors (Lipinski definition) is 3. The largest absolute Gasteiger partial charge is 0.466 e. The van der Waals surface area contributed by atoms with E-state index >= 15 is 0 Å². The molecule has 0 rings (SSSR count). The molecule has 6 heteroatoms. The summed E-state index contributed by atoms with van der Waals surface area (Å²) in [5, 5.41) is 23.5. The number of carbonyl (C=O) groups excluding carboxylic acids is 2. The third-order valence-electron chi connectivity index (χ3n) is 17.6. The molecule has 494 valence electrons. The van der Waals surface area contributed by atoms with Crippen LogP contribution in [0.3, 0.4) is 0 Å². The van der Waals surface area contributed by atoms with Gasteiger partial charge in [-0.25, -0.2) is 0 Å². The highest BCUT2D eigenvalue weighted by atomic mass is 16.5. The van der Waals surface area contributed by atoms with E-state index in [2.05, 4.69) is 67.8 Å². The zero-order valence-electron chi connectivity index (χ0n) is 56.6. The van der Waals surface area contributed by atoms with Gasteiger partial charge in [-0.1, -0.05) is 364 Å². The molecular formula is C78H147NO5. The number of esters is 1. The Morgan fingerprint density at radius 2 is 0.607 bits per heavy atom. The average molecular weight is 1180 g/mol. The van der Waals surface area contributed by atoms with Crippen LogP contribution in [0.4, 0.5) is 0 Å². The van der Waals surface area contributed by atoms with Crippen molar-refractivity contribution < 1.29 is 24.5 Å². The predicted octanol–water partition coefficient (Wildman–Crippen LogP) is 24.8. The topological polar surface area (TPSA) is 95.9 Å². The first-order valence-corrected chi connectivity index (χ1v) is 37.9. The van der Waals surface area contributed by atoms with Crippen molar-refractivity contribution in [3.8, 4) is 0 Å². The molecule has 84 heavy (non-hydrogen) atoms. The van der Waals surface area contributed by atoms with Crippen molar-refractivity contribution in [1.82, 2.24) is 5.32 Å². The summed E-state index contributed by atoms with van der Waals surface area (Å²) in [5.74, 6) is -0.0338. The molecule has 0 aromatic carbocycles. The summed E-state index contributed by atoms with van der Waals surface area (Å²) in [7, 11) is 0. The van der Waals surface area contributed by atoms with E-state index in [1.807, 2.05) is 0 Å². The monoisotopic (exact) mass is 1180 g/mol. The molecule has 2 atom stereocenters. The van der Waals surface area contributed by atoms with E-state index in [0.717, 1.165) is 57.8 Å². The minimum atomic E-state index is -0.667. The SMILES string of the molecule is CCCC/C=C\C/C=C\CCCCCCCC(=O)OCCCCCCCCCCC/C=C\C/C=C\CCCCCCCCCCCCCCCC(=O)NC(CO)C(O)CCCCCCCCCCCCCCCCCCCCCCCCCC. The quantitative estimate of drug-likeness (QED) is 0.0320. The maximum atomic E-state index is 12.6. The second-order valence-corrected chi connectivity index (χ2v) is 26.0.